The molecule has 0 amide bonds. The standard InChI is InChI=1S/C9H8O3.H4N2/c10-8(6-9(11)12)7-4-2-1-3-5-7;1-2/h1-5H,6H2,(H,11,12);1-2H2. The molecule has 1 aromatic rings. The molecule has 0 saturated heterocycles. The summed E-state index contributed by atoms with van der Waals surface area (Å²) < 4.78 is 0. The van der Waals surface area contributed by atoms with Crippen LogP contribution < -0.4 is 11.7 Å². The second-order valence-corrected chi connectivity index (χ2v) is 2.36. The van der Waals surface area contributed by atoms with Gasteiger partial charge in [-0.25, -0.2) is 0 Å². The number of carboxylic acids is 1. The van der Waals surface area contributed by atoms with Gasteiger partial charge in [0.05, 0.1) is 0 Å². The molecular formula is C9H12N2O3. The fraction of sp³-hybridized carbons (Fsp3) is 0.111. The van der Waals surface area contributed by atoms with Gasteiger partial charge < -0.3 is 5.11 Å². The van der Waals surface area contributed by atoms with Crippen molar-refractivity contribution in [2.24, 2.45) is 11.7 Å². The van der Waals surface area contributed by atoms with E-state index >= 15 is 0 Å². The second kappa shape index (κ2) is 6.76. The van der Waals surface area contributed by atoms with E-state index in [1.54, 1.807) is 30.3 Å². The minimum Gasteiger partial charge on any atom is -0.481 e. The molecule has 5 nitrogen and oxygen atoms in total. The predicted molar refractivity (Wildman–Crippen MR) is 51.4 cm³/mol. The van der Waals surface area contributed by atoms with Crippen LogP contribution in [0.4, 0.5) is 0 Å². The van der Waals surface area contributed by atoms with E-state index in [9.17, 15) is 9.59 Å². The van der Waals surface area contributed by atoms with E-state index in [1.807, 2.05) is 0 Å². The fourth-order valence-electron chi connectivity index (χ4n) is 0.863. The monoisotopic (exact) mass is 196 g/mol. The molecule has 0 heterocycles. The minimum absolute atomic E-state index is 0.358. The van der Waals surface area contributed by atoms with Crippen molar-refractivity contribution in [1.82, 2.24) is 0 Å². The van der Waals surface area contributed by atoms with Gasteiger partial charge in [0.2, 0.25) is 0 Å². The molecule has 1 aromatic carbocycles. The largest absolute Gasteiger partial charge is 0.481 e. The quantitative estimate of drug-likeness (QED) is 0.276. The third kappa shape index (κ3) is 4.34. The maximum Gasteiger partial charge on any atom is 0.311 e. The Labute approximate surface area is 81.3 Å². The first-order valence-corrected chi connectivity index (χ1v) is 3.83. The third-order valence-corrected chi connectivity index (χ3v) is 1.41. The molecule has 14 heavy (non-hydrogen) atoms. The molecule has 0 saturated carbocycles. The number of hydrazine groups is 1. The molecule has 1 rings (SSSR count). The van der Waals surface area contributed by atoms with Crippen molar-refractivity contribution in [3.05, 3.63) is 35.9 Å². The van der Waals surface area contributed by atoms with Gasteiger partial charge in [0.1, 0.15) is 6.42 Å². The van der Waals surface area contributed by atoms with Crippen molar-refractivity contribution < 1.29 is 14.7 Å². The molecule has 0 aromatic heterocycles. The van der Waals surface area contributed by atoms with Gasteiger partial charge in [-0.1, -0.05) is 30.3 Å². The zero-order chi connectivity index (χ0) is 11.0. The van der Waals surface area contributed by atoms with E-state index in [-0.39, 0.29) is 5.78 Å². The lowest BCUT2D eigenvalue weighted by Crippen LogP contribution is -2.06. The van der Waals surface area contributed by atoms with Crippen LogP contribution in [0, 0.1) is 0 Å². The molecule has 5 heteroatoms. The minimum atomic E-state index is -1.09. The molecule has 0 spiro atoms. The van der Waals surface area contributed by atoms with Crippen LogP contribution in [0.2, 0.25) is 0 Å². The lowest BCUT2D eigenvalue weighted by molar-refractivity contribution is -0.135. The van der Waals surface area contributed by atoms with Crippen LogP contribution in [-0.4, -0.2) is 16.9 Å². The summed E-state index contributed by atoms with van der Waals surface area (Å²) in [5, 5.41) is 8.32. The van der Waals surface area contributed by atoms with E-state index in [0.717, 1.165) is 0 Å². The SMILES string of the molecule is NN.O=C(O)CC(=O)c1ccccc1. The Morgan fingerprint density at radius 1 is 1.14 bits per heavy atom. The molecule has 0 aliphatic heterocycles. The van der Waals surface area contributed by atoms with E-state index < -0.39 is 12.4 Å². The molecule has 0 radical (unpaired) electrons. The number of carbonyl (C=O) groups is 2. The molecule has 0 unspecified atom stereocenters. The molecule has 0 aliphatic rings. The van der Waals surface area contributed by atoms with Crippen molar-refractivity contribution in [2.75, 3.05) is 0 Å². The van der Waals surface area contributed by atoms with E-state index in [4.69, 9.17) is 5.11 Å². The molecular weight excluding hydrogens is 184 g/mol. The van der Waals surface area contributed by atoms with Gasteiger partial charge >= 0.3 is 5.97 Å². The Balaban J connectivity index is 0.000000791. The summed E-state index contributed by atoms with van der Waals surface area (Å²) in [5.74, 6) is 6.55. The number of rotatable bonds is 3. The molecule has 76 valence electrons. The number of nitrogens with two attached hydrogens (primary N) is 2. The van der Waals surface area contributed by atoms with Crippen LogP contribution in [0.15, 0.2) is 30.3 Å². The Bertz CT molecular complexity index is 298. The van der Waals surface area contributed by atoms with Gasteiger partial charge in [-0.2, -0.15) is 0 Å². The second-order valence-electron chi connectivity index (χ2n) is 2.36. The summed E-state index contributed by atoms with van der Waals surface area (Å²) in [7, 11) is 0. The van der Waals surface area contributed by atoms with Crippen LogP contribution in [0.1, 0.15) is 16.8 Å². The van der Waals surface area contributed by atoms with E-state index in [1.165, 1.54) is 0 Å². The Hall–Kier alpha value is -1.72. The third-order valence-electron chi connectivity index (χ3n) is 1.41. The maximum atomic E-state index is 11.1. The van der Waals surface area contributed by atoms with Gasteiger partial charge in [0.25, 0.3) is 0 Å². The lowest BCUT2D eigenvalue weighted by Gasteiger charge is -1.95. The van der Waals surface area contributed by atoms with Crippen molar-refractivity contribution in [3.8, 4) is 0 Å². The normalized spacial score (nSPS) is 8.43. The van der Waals surface area contributed by atoms with Gasteiger partial charge in [0, 0.05) is 5.56 Å². The maximum absolute atomic E-state index is 11.1. The highest BCUT2D eigenvalue weighted by Crippen LogP contribution is 2.02. The number of benzene rings is 1. The highest BCUT2D eigenvalue weighted by molar-refractivity contribution is 6.05. The van der Waals surface area contributed by atoms with Crippen LogP contribution in [0.25, 0.3) is 0 Å². The van der Waals surface area contributed by atoms with Gasteiger partial charge in [-0.15, -0.1) is 0 Å². The summed E-state index contributed by atoms with van der Waals surface area (Å²) in [6.45, 7) is 0. The van der Waals surface area contributed by atoms with Crippen molar-refractivity contribution >= 4 is 11.8 Å². The molecule has 0 bridgehead atoms. The lowest BCUT2D eigenvalue weighted by atomic mass is 10.1. The highest BCUT2D eigenvalue weighted by atomic mass is 16.4. The molecule has 0 atom stereocenters. The Kier molecular flexibility index (Phi) is 5.93. The predicted octanol–water partition coefficient (Wildman–Crippen LogP) is 0.163. The van der Waals surface area contributed by atoms with E-state index in [2.05, 4.69) is 11.7 Å². The van der Waals surface area contributed by atoms with Gasteiger partial charge in [0.15, 0.2) is 5.78 Å². The number of hydrogen-bond donors (Lipinski definition) is 3. The average Bonchev–Trinajstić information content (AvgIpc) is 2.21. The Morgan fingerprint density at radius 2 is 1.64 bits per heavy atom. The van der Waals surface area contributed by atoms with Crippen LogP contribution in [0.3, 0.4) is 0 Å². The zero-order valence-electron chi connectivity index (χ0n) is 7.51. The Morgan fingerprint density at radius 3 is 2.07 bits per heavy atom. The average molecular weight is 196 g/mol. The summed E-state index contributed by atoms with van der Waals surface area (Å²) in [4.78, 5) is 21.2. The first-order valence-electron chi connectivity index (χ1n) is 3.83. The first-order chi connectivity index (χ1) is 6.70. The zero-order valence-corrected chi connectivity index (χ0v) is 7.51. The fourth-order valence-corrected chi connectivity index (χ4v) is 0.863. The van der Waals surface area contributed by atoms with Gasteiger partial charge in [-0.3, -0.25) is 21.3 Å². The van der Waals surface area contributed by atoms with Crippen molar-refractivity contribution in [2.45, 2.75) is 6.42 Å². The topological polar surface area (TPSA) is 106 Å². The molecule has 5 N–H and O–H groups in total. The van der Waals surface area contributed by atoms with Crippen LogP contribution in [-0.2, 0) is 4.79 Å². The first kappa shape index (κ1) is 12.3. The number of carboxylic acid groups (broad SMARTS) is 1. The number of aliphatic carboxylic acids is 1. The summed E-state index contributed by atoms with van der Waals surface area (Å²) in [5.41, 5.74) is 0.444. The highest BCUT2D eigenvalue weighted by Gasteiger charge is 2.08. The smallest absolute Gasteiger partial charge is 0.311 e. The van der Waals surface area contributed by atoms with E-state index in [0.29, 0.717) is 5.56 Å². The number of hydrogen-bond acceptors (Lipinski definition) is 4. The van der Waals surface area contributed by atoms with Crippen molar-refractivity contribution in [1.29, 1.82) is 0 Å². The van der Waals surface area contributed by atoms with Gasteiger partial charge in [-0.05, 0) is 0 Å². The number of carbonyl (C=O) groups excluding carboxylic acids is 1. The van der Waals surface area contributed by atoms with Crippen LogP contribution in [0.5, 0.6) is 0 Å². The summed E-state index contributed by atoms with van der Waals surface area (Å²) in [6, 6.07) is 8.39. The summed E-state index contributed by atoms with van der Waals surface area (Å²) in [6.07, 6.45) is -0.440. The molecule has 0 fully saturated rings. The number of Topliss-reactive ketones (excluding diaryl/α,β-unsaturated/α-hetero) is 1. The van der Waals surface area contributed by atoms with Crippen LogP contribution >= 0.6 is 0 Å². The summed E-state index contributed by atoms with van der Waals surface area (Å²) >= 11 is 0. The van der Waals surface area contributed by atoms with Crippen molar-refractivity contribution in [3.63, 3.8) is 0 Å². The number of ketones is 1. The molecule has 0 aliphatic carbocycles.